The molecule has 1 aromatic rings. The number of benzene rings is 1. The number of thiocarbonyl (C=S) groups is 1. The van der Waals surface area contributed by atoms with Crippen molar-refractivity contribution in [3.63, 3.8) is 0 Å². The molecule has 0 spiro atoms. The standard InChI is InChI=1S/C14H19ClN2S/c1-2-17(11-5-3-4-6-11)13-8-7-10(15)9-12(13)14(16)18/h7-9,11H,2-6H2,1H3,(H2,16,18). The van der Waals surface area contributed by atoms with Gasteiger partial charge < -0.3 is 10.6 Å². The van der Waals surface area contributed by atoms with E-state index < -0.39 is 0 Å². The smallest absolute Gasteiger partial charge is 0.106 e. The van der Waals surface area contributed by atoms with Gasteiger partial charge in [0.05, 0.1) is 0 Å². The van der Waals surface area contributed by atoms with Gasteiger partial charge in [-0.3, -0.25) is 0 Å². The number of rotatable bonds is 4. The van der Waals surface area contributed by atoms with Crippen LogP contribution in [0.3, 0.4) is 0 Å². The van der Waals surface area contributed by atoms with Crippen LogP contribution in [0.4, 0.5) is 5.69 Å². The van der Waals surface area contributed by atoms with Gasteiger partial charge in [-0.25, -0.2) is 0 Å². The highest BCUT2D eigenvalue weighted by atomic mass is 35.5. The first kappa shape index (κ1) is 13.6. The van der Waals surface area contributed by atoms with E-state index in [0.29, 0.717) is 16.1 Å². The van der Waals surface area contributed by atoms with Crippen LogP contribution >= 0.6 is 23.8 Å². The van der Waals surface area contributed by atoms with E-state index in [9.17, 15) is 0 Å². The Kier molecular flexibility index (Phi) is 4.46. The highest BCUT2D eigenvalue weighted by molar-refractivity contribution is 7.80. The van der Waals surface area contributed by atoms with Crippen molar-refractivity contribution in [2.24, 2.45) is 5.73 Å². The molecule has 0 amide bonds. The van der Waals surface area contributed by atoms with Gasteiger partial charge >= 0.3 is 0 Å². The summed E-state index contributed by atoms with van der Waals surface area (Å²) in [6, 6.07) is 6.44. The Balaban J connectivity index is 2.37. The summed E-state index contributed by atoms with van der Waals surface area (Å²) >= 11 is 11.2. The molecule has 1 aliphatic carbocycles. The third-order valence-electron chi connectivity index (χ3n) is 3.64. The highest BCUT2D eigenvalue weighted by Crippen LogP contribution is 2.31. The minimum atomic E-state index is 0.420. The molecule has 0 bridgehead atoms. The molecule has 1 fully saturated rings. The fraction of sp³-hybridized carbons (Fsp3) is 0.500. The van der Waals surface area contributed by atoms with E-state index >= 15 is 0 Å². The molecule has 2 nitrogen and oxygen atoms in total. The Hall–Kier alpha value is -0.800. The molecule has 1 aromatic carbocycles. The minimum absolute atomic E-state index is 0.420. The molecule has 0 saturated heterocycles. The predicted octanol–water partition coefficient (Wildman–Crippen LogP) is 3.74. The molecule has 0 aromatic heterocycles. The molecule has 4 heteroatoms. The average Bonchev–Trinajstić information content (AvgIpc) is 2.85. The van der Waals surface area contributed by atoms with Gasteiger partial charge in [0, 0.05) is 28.9 Å². The zero-order chi connectivity index (χ0) is 13.1. The SMILES string of the molecule is CCN(c1ccc(Cl)cc1C(N)=S)C1CCCC1. The van der Waals surface area contributed by atoms with Crippen molar-refractivity contribution in [3.8, 4) is 0 Å². The summed E-state index contributed by atoms with van der Waals surface area (Å²) in [6.45, 7) is 3.15. The topological polar surface area (TPSA) is 29.3 Å². The normalized spacial score (nSPS) is 15.9. The first-order chi connectivity index (χ1) is 8.63. The summed E-state index contributed by atoms with van der Waals surface area (Å²) < 4.78 is 0. The second kappa shape index (κ2) is 5.89. The van der Waals surface area contributed by atoms with Gasteiger partial charge in [0.15, 0.2) is 0 Å². The molecule has 2 N–H and O–H groups in total. The van der Waals surface area contributed by atoms with Crippen molar-refractivity contribution in [2.75, 3.05) is 11.4 Å². The largest absolute Gasteiger partial charge is 0.389 e. The van der Waals surface area contributed by atoms with Gasteiger partial charge in [0.1, 0.15) is 4.99 Å². The molecule has 0 atom stereocenters. The maximum absolute atomic E-state index is 6.03. The van der Waals surface area contributed by atoms with Crippen LogP contribution in [0.2, 0.25) is 5.02 Å². The molecule has 2 rings (SSSR count). The second-order valence-corrected chi connectivity index (χ2v) is 5.63. The minimum Gasteiger partial charge on any atom is -0.389 e. The third-order valence-corrected chi connectivity index (χ3v) is 4.09. The van der Waals surface area contributed by atoms with Crippen LogP contribution < -0.4 is 10.6 Å². The Morgan fingerprint density at radius 1 is 1.44 bits per heavy atom. The van der Waals surface area contributed by atoms with Gasteiger partial charge in [-0.15, -0.1) is 0 Å². The van der Waals surface area contributed by atoms with Crippen molar-refractivity contribution >= 4 is 34.5 Å². The fourth-order valence-electron chi connectivity index (χ4n) is 2.80. The van der Waals surface area contributed by atoms with Crippen LogP contribution in [0.15, 0.2) is 18.2 Å². The Morgan fingerprint density at radius 3 is 2.67 bits per heavy atom. The quantitative estimate of drug-likeness (QED) is 0.853. The highest BCUT2D eigenvalue weighted by Gasteiger charge is 2.23. The summed E-state index contributed by atoms with van der Waals surface area (Å²) in [5, 5.41) is 0.684. The lowest BCUT2D eigenvalue weighted by atomic mass is 10.1. The number of hydrogen-bond acceptors (Lipinski definition) is 2. The van der Waals surface area contributed by atoms with Crippen LogP contribution in [0.25, 0.3) is 0 Å². The summed E-state index contributed by atoms with van der Waals surface area (Å²) in [4.78, 5) is 2.83. The lowest BCUT2D eigenvalue weighted by Crippen LogP contribution is -2.34. The maximum atomic E-state index is 6.03. The first-order valence-electron chi connectivity index (χ1n) is 6.49. The zero-order valence-corrected chi connectivity index (χ0v) is 12.2. The summed E-state index contributed by atoms with van der Waals surface area (Å²) in [6.07, 6.45) is 5.15. The number of nitrogens with zero attached hydrogens (tertiary/aromatic N) is 1. The van der Waals surface area contributed by atoms with Gasteiger partial charge in [0.25, 0.3) is 0 Å². The van der Waals surface area contributed by atoms with Crippen molar-refractivity contribution in [3.05, 3.63) is 28.8 Å². The monoisotopic (exact) mass is 282 g/mol. The lowest BCUT2D eigenvalue weighted by Gasteiger charge is -2.31. The molecule has 0 unspecified atom stereocenters. The van der Waals surface area contributed by atoms with Crippen LogP contribution in [0, 0.1) is 0 Å². The maximum Gasteiger partial charge on any atom is 0.106 e. The second-order valence-electron chi connectivity index (χ2n) is 4.75. The van der Waals surface area contributed by atoms with E-state index in [1.54, 1.807) is 0 Å². The Labute approximate surface area is 119 Å². The van der Waals surface area contributed by atoms with Crippen molar-refractivity contribution in [1.82, 2.24) is 0 Å². The molecule has 0 heterocycles. The number of anilines is 1. The number of halogens is 1. The van der Waals surface area contributed by atoms with Crippen LogP contribution in [0.1, 0.15) is 38.2 Å². The molecule has 98 valence electrons. The van der Waals surface area contributed by atoms with Crippen LogP contribution in [-0.2, 0) is 0 Å². The molecule has 0 aliphatic heterocycles. The third kappa shape index (κ3) is 2.78. The molecule has 18 heavy (non-hydrogen) atoms. The summed E-state index contributed by atoms with van der Waals surface area (Å²) in [7, 11) is 0. The number of hydrogen-bond donors (Lipinski definition) is 1. The van der Waals surface area contributed by atoms with E-state index in [2.05, 4.69) is 11.8 Å². The summed E-state index contributed by atoms with van der Waals surface area (Å²) in [5.41, 5.74) is 7.84. The molecular weight excluding hydrogens is 264 g/mol. The van der Waals surface area contributed by atoms with Crippen molar-refractivity contribution < 1.29 is 0 Å². The van der Waals surface area contributed by atoms with Gasteiger partial charge in [-0.1, -0.05) is 36.7 Å². The van der Waals surface area contributed by atoms with E-state index in [0.717, 1.165) is 17.8 Å². The van der Waals surface area contributed by atoms with Gasteiger partial charge in [0.2, 0.25) is 0 Å². The van der Waals surface area contributed by atoms with E-state index in [1.165, 1.54) is 25.7 Å². The van der Waals surface area contributed by atoms with Crippen LogP contribution in [-0.4, -0.2) is 17.6 Å². The molecule has 1 aliphatic rings. The average molecular weight is 283 g/mol. The van der Waals surface area contributed by atoms with Crippen molar-refractivity contribution in [1.29, 1.82) is 0 Å². The Morgan fingerprint density at radius 2 is 2.11 bits per heavy atom. The molecule has 1 saturated carbocycles. The lowest BCUT2D eigenvalue weighted by molar-refractivity contribution is 0.619. The molecular formula is C14H19ClN2S. The van der Waals surface area contributed by atoms with Gasteiger partial charge in [-0.2, -0.15) is 0 Å². The fourth-order valence-corrected chi connectivity index (χ4v) is 3.13. The van der Waals surface area contributed by atoms with Crippen LogP contribution in [0.5, 0.6) is 0 Å². The molecule has 0 radical (unpaired) electrons. The summed E-state index contributed by atoms with van der Waals surface area (Å²) in [5.74, 6) is 0. The predicted molar refractivity (Wildman–Crippen MR) is 82.6 cm³/mol. The van der Waals surface area contributed by atoms with E-state index in [1.807, 2.05) is 18.2 Å². The van der Waals surface area contributed by atoms with E-state index in [-0.39, 0.29) is 0 Å². The number of nitrogens with two attached hydrogens (primary N) is 1. The van der Waals surface area contributed by atoms with Crippen molar-refractivity contribution in [2.45, 2.75) is 38.6 Å². The van der Waals surface area contributed by atoms with E-state index in [4.69, 9.17) is 29.6 Å². The van der Waals surface area contributed by atoms with Gasteiger partial charge in [-0.05, 0) is 38.0 Å². The Bertz CT molecular complexity index is 441. The zero-order valence-electron chi connectivity index (χ0n) is 10.7. The first-order valence-corrected chi connectivity index (χ1v) is 7.28.